The van der Waals surface area contributed by atoms with E-state index < -0.39 is 10.7 Å². The van der Waals surface area contributed by atoms with Gasteiger partial charge in [-0.05, 0) is 35.4 Å². The number of nitro groups is 1. The molecule has 2 rings (SSSR count). The van der Waals surface area contributed by atoms with Crippen LogP contribution in [0, 0.1) is 32.7 Å². The average molecular weight is 280 g/mol. The van der Waals surface area contributed by atoms with E-state index in [4.69, 9.17) is 0 Å². The van der Waals surface area contributed by atoms with Crippen LogP contribution < -0.4 is 5.32 Å². The summed E-state index contributed by atoms with van der Waals surface area (Å²) in [6, 6.07) is 3.57. The third kappa shape index (κ3) is 2.42. The van der Waals surface area contributed by atoms with Crippen molar-refractivity contribution in [2.24, 2.45) is 16.7 Å². The van der Waals surface area contributed by atoms with Gasteiger partial charge < -0.3 is 5.32 Å². The third-order valence-corrected chi connectivity index (χ3v) is 5.22. The van der Waals surface area contributed by atoms with Crippen molar-refractivity contribution in [1.82, 2.24) is 5.32 Å². The van der Waals surface area contributed by atoms with Crippen LogP contribution in [0.15, 0.2) is 18.2 Å². The van der Waals surface area contributed by atoms with Gasteiger partial charge in [-0.25, -0.2) is 4.39 Å². The molecule has 1 fully saturated rings. The molecular formula is C15H21FN2O2. The van der Waals surface area contributed by atoms with E-state index >= 15 is 0 Å². The summed E-state index contributed by atoms with van der Waals surface area (Å²) in [5, 5.41) is 14.1. The molecule has 4 nitrogen and oxygen atoms in total. The lowest BCUT2D eigenvalue weighted by atomic mass is 10.0. The van der Waals surface area contributed by atoms with E-state index in [0.29, 0.717) is 18.0 Å². The molecule has 0 bridgehead atoms. The Hall–Kier alpha value is -1.49. The average Bonchev–Trinajstić information content (AvgIpc) is 2.71. The summed E-state index contributed by atoms with van der Waals surface area (Å²) in [7, 11) is 0. The monoisotopic (exact) mass is 280 g/mol. The number of rotatable bonds is 5. The Labute approximate surface area is 118 Å². The number of benzene rings is 1. The molecule has 0 saturated heterocycles. The largest absolute Gasteiger partial charge is 0.312 e. The van der Waals surface area contributed by atoms with Crippen molar-refractivity contribution in [2.75, 3.05) is 6.54 Å². The maximum absolute atomic E-state index is 13.2. The summed E-state index contributed by atoms with van der Waals surface area (Å²) in [5.41, 5.74) is 0.904. The topological polar surface area (TPSA) is 55.2 Å². The molecule has 5 heteroatoms. The van der Waals surface area contributed by atoms with Gasteiger partial charge in [-0.3, -0.25) is 10.1 Å². The summed E-state index contributed by atoms with van der Waals surface area (Å²) in [6.07, 6.45) is 0. The Morgan fingerprint density at radius 1 is 1.30 bits per heavy atom. The fraction of sp³-hybridized carbons (Fsp3) is 0.600. The molecule has 1 aromatic carbocycles. The first-order valence-corrected chi connectivity index (χ1v) is 6.81. The first-order valence-electron chi connectivity index (χ1n) is 6.81. The fourth-order valence-corrected chi connectivity index (χ4v) is 3.07. The third-order valence-electron chi connectivity index (χ3n) is 5.22. The minimum absolute atomic E-state index is 0.0341. The van der Waals surface area contributed by atoms with Crippen LogP contribution in [0.4, 0.5) is 10.1 Å². The minimum atomic E-state index is -0.471. The number of hydrogen-bond acceptors (Lipinski definition) is 3. The Bertz CT molecular complexity index is 527. The maximum atomic E-state index is 13.2. The summed E-state index contributed by atoms with van der Waals surface area (Å²) >= 11 is 0. The molecule has 0 heterocycles. The van der Waals surface area contributed by atoms with Crippen molar-refractivity contribution in [3.63, 3.8) is 0 Å². The zero-order valence-corrected chi connectivity index (χ0v) is 12.4. The number of nitrogens with zero attached hydrogens (tertiary/aromatic N) is 1. The first-order chi connectivity index (χ1) is 9.18. The lowest BCUT2D eigenvalue weighted by molar-refractivity contribution is -0.385. The zero-order valence-electron chi connectivity index (χ0n) is 12.4. The van der Waals surface area contributed by atoms with Crippen LogP contribution in [0.25, 0.3) is 0 Å². The first kappa shape index (κ1) is 14.9. The van der Waals surface area contributed by atoms with Crippen LogP contribution >= 0.6 is 0 Å². The van der Waals surface area contributed by atoms with Gasteiger partial charge in [-0.15, -0.1) is 0 Å². The van der Waals surface area contributed by atoms with Crippen LogP contribution in [0.3, 0.4) is 0 Å². The molecule has 1 saturated carbocycles. The number of nitro benzene ring substituents is 1. The molecule has 0 aliphatic heterocycles. The minimum Gasteiger partial charge on any atom is -0.312 e. The quantitative estimate of drug-likeness (QED) is 0.663. The van der Waals surface area contributed by atoms with Crippen LogP contribution in [-0.2, 0) is 6.54 Å². The van der Waals surface area contributed by atoms with Gasteiger partial charge in [0.25, 0.3) is 5.69 Å². The predicted octanol–water partition coefficient (Wildman–Crippen LogP) is 3.51. The molecule has 1 aliphatic rings. The van der Waals surface area contributed by atoms with Gasteiger partial charge in [-0.2, -0.15) is 0 Å². The van der Waals surface area contributed by atoms with E-state index in [1.54, 1.807) is 0 Å². The van der Waals surface area contributed by atoms with Crippen molar-refractivity contribution < 1.29 is 9.31 Å². The van der Waals surface area contributed by atoms with Crippen molar-refractivity contribution in [1.29, 1.82) is 0 Å². The van der Waals surface area contributed by atoms with Crippen LogP contribution in [0.2, 0.25) is 0 Å². The van der Waals surface area contributed by atoms with E-state index in [1.165, 1.54) is 12.1 Å². The predicted molar refractivity (Wildman–Crippen MR) is 75.8 cm³/mol. The normalized spacial score (nSPS) is 19.9. The molecule has 0 atom stereocenters. The van der Waals surface area contributed by atoms with Crippen molar-refractivity contribution in [3.05, 3.63) is 39.7 Å². The molecule has 1 aromatic rings. The second-order valence-corrected chi connectivity index (χ2v) is 6.66. The molecule has 20 heavy (non-hydrogen) atoms. The molecule has 0 unspecified atom stereocenters. The fourth-order valence-electron chi connectivity index (χ4n) is 3.07. The van der Waals surface area contributed by atoms with E-state index in [2.05, 4.69) is 33.0 Å². The highest BCUT2D eigenvalue weighted by Gasteiger charge is 2.63. The van der Waals surface area contributed by atoms with Crippen LogP contribution in [0.1, 0.15) is 33.3 Å². The Kier molecular flexibility index (Phi) is 3.58. The smallest absolute Gasteiger partial charge is 0.274 e. The summed E-state index contributed by atoms with van der Waals surface area (Å²) in [5.74, 6) is 0.0853. The molecular weight excluding hydrogens is 259 g/mol. The summed E-state index contributed by atoms with van der Waals surface area (Å²) < 4.78 is 13.2. The lowest BCUT2D eigenvalue weighted by Crippen LogP contribution is -2.19. The van der Waals surface area contributed by atoms with E-state index in [0.717, 1.165) is 12.6 Å². The maximum Gasteiger partial charge on any atom is 0.274 e. The molecule has 0 spiro atoms. The van der Waals surface area contributed by atoms with Crippen molar-refractivity contribution in [3.8, 4) is 0 Å². The van der Waals surface area contributed by atoms with Crippen LogP contribution in [-0.4, -0.2) is 11.5 Å². The van der Waals surface area contributed by atoms with E-state index in [-0.39, 0.29) is 16.5 Å². The highest BCUT2D eigenvalue weighted by atomic mass is 19.1. The molecule has 0 aromatic heterocycles. The number of halogens is 1. The Morgan fingerprint density at radius 2 is 1.90 bits per heavy atom. The SMILES string of the molecule is CC1(C)C(CNCc2cc(F)ccc2[N+](=O)[O-])C1(C)C. The van der Waals surface area contributed by atoms with E-state index in [9.17, 15) is 14.5 Å². The second kappa shape index (κ2) is 4.81. The Balaban J connectivity index is 1.99. The second-order valence-electron chi connectivity index (χ2n) is 6.66. The van der Waals surface area contributed by atoms with Crippen LogP contribution in [0.5, 0.6) is 0 Å². The highest BCUT2D eigenvalue weighted by Crippen LogP contribution is 2.67. The highest BCUT2D eigenvalue weighted by molar-refractivity contribution is 5.40. The number of hydrogen-bond donors (Lipinski definition) is 1. The van der Waals surface area contributed by atoms with Gasteiger partial charge in [0.2, 0.25) is 0 Å². The lowest BCUT2D eigenvalue weighted by Gasteiger charge is -2.07. The summed E-state index contributed by atoms with van der Waals surface area (Å²) in [6.45, 7) is 10.0. The van der Waals surface area contributed by atoms with Gasteiger partial charge in [0.05, 0.1) is 4.92 Å². The van der Waals surface area contributed by atoms with Gasteiger partial charge in [0.15, 0.2) is 0 Å². The zero-order chi connectivity index (χ0) is 15.1. The molecule has 0 radical (unpaired) electrons. The molecule has 1 aliphatic carbocycles. The van der Waals surface area contributed by atoms with Gasteiger partial charge in [-0.1, -0.05) is 27.7 Å². The molecule has 110 valence electrons. The van der Waals surface area contributed by atoms with Crippen molar-refractivity contribution >= 4 is 5.69 Å². The molecule has 1 N–H and O–H groups in total. The Morgan fingerprint density at radius 3 is 2.40 bits per heavy atom. The summed E-state index contributed by atoms with van der Waals surface area (Å²) in [4.78, 5) is 10.4. The number of nitrogens with one attached hydrogen (secondary N) is 1. The van der Waals surface area contributed by atoms with Crippen molar-refractivity contribution in [2.45, 2.75) is 34.2 Å². The van der Waals surface area contributed by atoms with Gasteiger partial charge >= 0.3 is 0 Å². The van der Waals surface area contributed by atoms with E-state index in [1.807, 2.05) is 0 Å². The standard InChI is InChI=1S/C15H21FN2O2/c1-14(2)13(15(14,3)4)9-17-8-10-7-11(16)5-6-12(10)18(19)20/h5-7,13,17H,8-9H2,1-4H3. The van der Waals surface area contributed by atoms with Gasteiger partial charge in [0, 0.05) is 18.2 Å². The van der Waals surface area contributed by atoms with Gasteiger partial charge in [0.1, 0.15) is 5.82 Å². The molecule has 0 amide bonds.